The molecule has 0 aliphatic carbocycles. The molecule has 0 saturated carbocycles. The van der Waals surface area contributed by atoms with E-state index in [1.165, 1.54) is 17.1 Å². The molecule has 0 aromatic carbocycles. The average Bonchev–Trinajstić information content (AvgIpc) is 2.75. The van der Waals surface area contributed by atoms with Crippen LogP contribution in [0.3, 0.4) is 0 Å². The molecule has 17 heavy (non-hydrogen) atoms. The summed E-state index contributed by atoms with van der Waals surface area (Å²) in [6.07, 6.45) is -2.39. The van der Waals surface area contributed by atoms with Crippen molar-refractivity contribution in [3.8, 4) is 0 Å². The maximum absolute atomic E-state index is 11.1. The Balaban J connectivity index is 2.28. The van der Waals surface area contributed by atoms with Gasteiger partial charge in [-0.25, -0.2) is 4.98 Å². The van der Waals surface area contributed by atoms with Gasteiger partial charge >= 0.3 is 0 Å². The van der Waals surface area contributed by atoms with Crippen LogP contribution < -0.4 is 5.73 Å². The molecule has 2 heterocycles. The lowest BCUT2D eigenvalue weighted by atomic mass is 10.0. The minimum atomic E-state index is -1.37. The highest BCUT2D eigenvalue weighted by molar-refractivity contribution is 5.90. The number of imidazole rings is 1. The van der Waals surface area contributed by atoms with Gasteiger partial charge in [-0.1, -0.05) is 0 Å². The molecule has 1 aromatic rings. The third-order valence-electron chi connectivity index (χ3n) is 2.67. The number of ether oxygens (including phenoxy) is 1. The van der Waals surface area contributed by atoms with E-state index in [2.05, 4.69) is 4.98 Å². The van der Waals surface area contributed by atoms with Gasteiger partial charge in [0.05, 0.1) is 19.1 Å². The minimum absolute atomic E-state index is 0.0534. The Labute approximate surface area is 96.3 Å². The number of rotatable bonds is 2. The van der Waals surface area contributed by atoms with E-state index in [4.69, 9.17) is 10.5 Å². The zero-order chi connectivity index (χ0) is 12.6. The molecule has 1 aliphatic heterocycles. The number of aliphatic hydroxyl groups is 3. The molecule has 1 aromatic heterocycles. The summed E-state index contributed by atoms with van der Waals surface area (Å²) in [6.45, 7) is -0.153. The number of aromatic nitrogens is 2. The molecule has 94 valence electrons. The Hall–Kier alpha value is -1.48. The van der Waals surface area contributed by atoms with E-state index in [1.54, 1.807) is 0 Å². The Bertz CT molecular complexity index is 421. The van der Waals surface area contributed by atoms with Gasteiger partial charge in [0.15, 0.2) is 6.23 Å². The van der Waals surface area contributed by atoms with Crippen molar-refractivity contribution in [1.82, 2.24) is 9.55 Å². The van der Waals surface area contributed by atoms with Crippen LogP contribution in [-0.2, 0) is 4.74 Å². The SMILES string of the molecule is NC(=O)c1cncn1C1OCC(O)C(O)C1O. The Morgan fingerprint density at radius 2 is 2.18 bits per heavy atom. The Kier molecular flexibility index (Phi) is 3.11. The van der Waals surface area contributed by atoms with Crippen LogP contribution in [0, 0.1) is 0 Å². The van der Waals surface area contributed by atoms with Crippen molar-refractivity contribution in [2.75, 3.05) is 6.61 Å². The first-order chi connectivity index (χ1) is 8.02. The first kappa shape index (κ1) is 12.0. The number of nitrogens with zero attached hydrogens (tertiary/aromatic N) is 2. The van der Waals surface area contributed by atoms with Crippen molar-refractivity contribution >= 4 is 5.91 Å². The standard InChI is InChI=1S/C9H13N3O5/c10-8(16)4-1-11-3-12(4)9-7(15)6(14)5(13)2-17-9/h1,3,5-7,9,13-15H,2H2,(H2,10,16). The highest BCUT2D eigenvalue weighted by Gasteiger charge is 2.39. The van der Waals surface area contributed by atoms with Gasteiger partial charge in [0.2, 0.25) is 0 Å². The van der Waals surface area contributed by atoms with Crippen LogP contribution in [-0.4, -0.2) is 55.7 Å². The van der Waals surface area contributed by atoms with Crippen LogP contribution in [0.1, 0.15) is 16.7 Å². The van der Waals surface area contributed by atoms with Crippen LogP contribution in [0.25, 0.3) is 0 Å². The maximum Gasteiger partial charge on any atom is 0.267 e. The van der Waals surface area contributed by atoms with Crippen molar-refractivity contribution in [3.63, 3.8) is 0 Å². The van der Waals surface area contributed by atoms with E-state index in [0.29, 0.717) is 0 Å². The monoisotopic (exact) mass is 243 g/mol. The lowest BCUT2D eigenvalue weighted by Gasteiger charge is -2.36. The molecule has 0 radical (unpaired) electrons. The molecule has 1 saturated heterocycles. The first-order valence-corrected chi connectivity index (χ1v) is 5.00. The highest BCUT2D eigenvalue weighted by Crippen LogP contribution is 2.25. The molecule has 1 amide bonds. The highest BCUT2D eigenvalue weighted by atomic mass is 16.5. The van der Waals surface area contributed by atoms with Crippen LogP contribution >= 0.6 is 0 Å². The number of amides is 1. The molecule has 1 fully saturated rings. The summed E-state index contributed by atoms with van der Waals surface area (Å²) in [6, 6.07) is 0. The summed E-state index contributed by atoms with van der Waals surface area (Å²) in [5, 5.41) is 28.6. The summed E-state index contributed by atoms with van der Waals surface area (Å²) >= 11 is 0. The van der Waals surface area contributed by atoms with Gasteiger partial charge in [-0.15, -0.1) is 0 Å². The molecular weight excluding hydrogens is 230 g/mol. The van der Waals surface area contributed by atoms with Crippen molar-refractivity contribution in [2.45, 2.75) is 24.5 Å². The summed E-state index contributed by atoms with van der Waals surface area (Å²) in [7, 11) is 0. The van der Waals surface area contributed by atoms with E-state index in [1.807, 2.05) is 0 Å². The molecule has 1 aliphatic rings. The fourth-order valence-electron chi connectivity index (χ4n) is 1.73. The van der Waals surface area contributed by atoms with Gasteiger partial charge in [0, 0.05) is 0 Å². The van der Waals surface area contributed by atoms with Crippen LogP contribution in [0.2, 0.25) is 0 Å². The zero-order valence-electron chi connectivity index (χ0n) is 8.80. The number of hydrogen-bond donors (Lipinski definition) is 4. The quantitative estimate of drug-likeness (QED) is 0.457. The summed E-state index contributed by atoms with van der Waals surface area (Å²) in [5.41, 5.74) is 5.18. The third-order valence-corrected chi connectivity index (χ3v) is 2.67. The third kappa shape index (κ3) is 2.03. The molecule has 4 atom stereocenters. The van der Waals surface area contributed by atoms with E-state index in [9.17, 15) is 20.1 Å². The van der Waals surface area contributed by atoms with Gasteiger partial charge in [-0.3, -0.25) is 9.36 Å². The molecule has 2 rings (SSSR count). The van der Waals surface area contributed by atoms with E-state index in [0.717, 1.165) is 0 Å². The summed E-state index contributed by atoms with van der Waals surface area (Å²) < 4.78 is 6.39. The number of carbonyl (C=O) groups is 1. The predicted octanol–water partition coefficient (Wildman–Crippen LogP) is -2.41. The van der Waals surface area contributed by atoms with Crippen LogP contribution in [0.5, 0.6) is 0 Å². The average molecular weight is 243 g/mol. The van der Waals surface area contributed by atoms with Crippen LogP contribution in [0.4, 0.5) is 0 Å². The van der Waals surface area contributed by atoms with Crippen molar-refractivity contribution < 1.29 is 24.9 Å². The van der Waals surface area contributed by atoms with E-state index < -0.39 is 30.4 Å². The molecule has 8 heteroatoms. The molecule has 0 bridgehead atoms. The number of aliphatic hydroxyl groups excluding tert-OH is 3. The number of primary amides is 1. The summed E-state index contributed by atoms with van der Waals surface area (Å²) in [5.74, 6) is -0.723. The fraction of sp³-hybridized carbons (Fsp3) is 0.556. The summed E-state index contributed by atoms with van der Waals surface area (Å²) in [4.78, 5) is 14.8. The number of hydrogen-bond acceptors (Lipinski definition) is 6. The molecular formula is C9H13N3O5. The topological polar surface area (TPSA) is 131 Å². The lowest BCUT2D eigenvalue weighted by Crippen LogP contribution is -2.51. The molecule has 0 spiro atoms. The Morgan fingerprint density at radius 1 is 1.47 bits per heavy atom. The second-order valence-corrected chi connectivity index (χ2v) is 3.82. The van der Waals surface area contributed by atoms with Crippen molar-refractivity contribution in [2.24, 2.45) is 5.73 Å². The predicted molar refractivity (Wildman–Crippen MR) is 53.8 cm³/mol. The van der Waals surface area contributed by atoms with Gasteiger partial charge in [-0.2, -0.15) is 0 Å². The largest absolute Gasteiger partial charge is 0.388 e. The van der Waals surface area contributed by atoms with Gasteiger partial charge < -0.3 is 25.8 Å². The van der Waals surface area contributed by atoms with Crippen molar-refractivity contribution in [3.05, 3.63) is 18.2 Å². The minimum Gasteiger partial charge on any atom is -0.388 e. The normalized spacial score (nSPS) is 33.6. The second-order valence-electron chi connectivity index (χ2n) is 3.82. The lowest BCUT2D eigenvalue weighted by molar-refractivity contribution is -0.211. The van der Waals surface area contributed by atoms with Gasteiger partial charge in [0.25, 0.3) is 5.91 Å². The first-order valence-electron chi connectivity index (χ1n) is 5.00. The van der Waals surface area contributed by atoms with Crippen LogP contribution in [0.15, 0.2) is 12.5 Å². The second kappa shape index (κ2) is 4.41. The molecule has 5 N–H and O–H groups in total. The molecule has 4 unspecified atom stereocenters. The zero-order valence-corrected chi connectivity index (χ0v) is 8.80. The van der Waals surface area contributed by atoms with Gasteiger partial charge in [0.1, 0.15) is 24.0 Å². The van der Waals surface area contributed by atoms with Gasteiger partial charge in [-0.05, 0) is 0 Å². The van der Waals surface area contributed by atoms with E-state index >= 15 is 0 Å². The van der Waals surface area contributed by atoms with Crippen molar-refractivity contribution in [1.29, 1.82) is 0 Å². The Morgan fingerprint density at radius 3 is 2.82 bits per heavy atom. The maximum atomic E-state index is 11.1. The molecule has 8 nitrogen and oxygen atoms in total. The van der Waals surface area contributed by atoms with E-state index in [-0.39, 0.29) is 12.3 Å². The number of carbonyl (C=O) groups excluding carboxylic acids is 1. The number of nitrogens with two attached hydrogens (primary N) is 1. The fourth-order valence-corrected chi connectivity index (χ4v) is 1.73. The smallest absolute Gasteiger partial charge is 0.267 e.